The third-order valence-electron chi connectivity index (χ3n) is 2.48. The Morgan fingerprint density at radius 3 is 2.61 bits per heavy atom. The van der Waals surface area contributed by atoms with Crippen LogP contribution in [0.5, 0.6) is 5.75 Å². The van der Waals surface area contributed by atoms with Gasteiger partial charge in [-0.25, -0.2) is 0 Å². The molecule has 0 heterocycles. The normalized spacial score (nSPS) is 12.3. The van der Waals surface area contributed by atoms with Gasteiger partial charge in [0.2, 0.25) is 0 Å². The number of amides is 1. The molecule has 0 fully saturated rings. The third-order valence-corrected chi connectivity index (χ3v) is 2.48. The van der Waals surface area contributed by atoms with Crippen LogP contribution in [0.15, 0.2) is 24.3 Å². The SMILES string of the molecule is CC(C)CNC(=O)COc1ccccc1[C@H](C)N. The van der Waals surface area contributed by atoms with Crippen LogP contribution in [0.3, 0.4) is 0 Å². The lowest BCUT2D eigenvalue weighted by atomic mass is 10.1. The van der Waals surface area contributed by atoms with Gasteiger partial charge < -0.3 is 15.8 Å². The van der Waals surface area contributed by atoms with Gasteiger partial charge in [0, 0.05) is 18.2 Å². The van der Waals surface area contributed by atoms with E-state index in [1.807, 2.05) is 45.0 Å². The highest BCUT2D eigenvalue weighted by Crippen LogP contribution is 2.22. The van der Waals surface area contributed by atoms with E-state index < -0.39 is 0 Å². The van der Waals surface area contributed by atoms with Gasteiger partial charge in [0.15, 0.2) is 6.61 Å². The summed E-state index contributed by atoms with van der Waals surface area (Å²) in [6.45, 7) is 6.67. The molecule has 100 valence electrons. The largest absolute Gasteiger partial charge is 0.483 e. The molecule has 3 N–H and O–H groups in total. The summed E-state index contributed by atoms with van der Waals surface area (Å²) in [6.07, 6.45) is 0. The summed E-state index contributed by atoms with van der Waals surface area (Å²) < 4.78 is 5.50. The van der Waals surface area contributed by atoms with E-state index in [9.17, 15) is 4.79 Å². The van der Waals surface area contributed by atoms with Crippen molar-refractivity contribution in [3.8, 4) is 5.75 Å². The molecule has 1 atom stereocenters. The summed E-state index contributed by atoms with van der Waals surface area (Å²) in [5.41, 5.74) is 6.75. The monoisotopic (exact) mass is 250 g/mol. The molecule has 1 aromatic carbocycles. The fraction of sp³-hybridized carbons (Fsp3) is 0.500. The molecule has 1 amide bonds. The summed E-state index contributed by atoms with van der Waals surface area (Å²) in [5.74, 6) is 1.00. The highest BCUT2D eigenvalue weighted by Gasteiger charge is 2.09. The zero-order valence-electron chi connectivity index (χ0n) is 11.3. The van der Waals surface area contributed by atoms with Gasteiger partial charge in [0.1, 0.15) is 5.75 Å². The van der Waals surface area contributed by atoms with E-state index in [2.05, 4.69) is 5.32 Å². The minimum atomic E-state index is -0.111. The summed E-state index contributed by atoms with van der Waals surface area (Å²) >= 11 is 0. The number of hydrogen-bond donors (Lipinski definition) is 2. The fourth-order valence-electron chi connectivity index (χ4n) is 1.50. The molecule has 18 heavy (non-hydrogen) atoms. The van der Waals surface area contributed by atoms with Crippen LogP contribution in [0.4, 0.5) is 0 Å². The van der Waals surface area contributed by atoms with E-state index in [4.69, 9.17) is 10.5 Å². The molecule has 0 unspecified atom stereocenters. The van der Waals surface area contributed by atoms with Gasteiger partial charge in [0.25, 0.3) is 5.91 Å². The van der Waals surface area contributed by atoms with Crippen LogP contribution >= 0.6 is 0 Å². The Balaban J connectivity index is 2.50. The maximum Gasteiger partial charge on any atom is 0.257 e. The predicted octanol–water partition coefficient (Wildman–Crippen LogP) is 1.86. The Hall–Kier alpha value is -1.55. The first kappa shape index (κ1) is 14.5. The summed E-state index contributed by atoms with van der Waals surface area (Å²) in [7, 11) is 0. The van der Waals surface area contributed by atoms with Crippen molar-refractivity contribution < 1.29 is 9.53 Å². The van der Waals surface area contributed by atoms with Crippen LogP contribution in [-0.2, 0) is 4.79 Å². The number of hydrogen-bond acceptors (Lipinski definition) is 3. The molecule has 0 bridgehead atoms. The minimum absolute atomic E-state index is 0.0243. The molecule has 1 rings (SSSR count). The molecule has 0 radical (unpaired) electrons. The van der Waals surface area contributed by atoms with Crippen LogP contribution in [-0.4, -0.2) is 19.1 Å². The minimum Gasteiger partial charge on any atom is -0.483 e. The molecular formula is C14H22N2O2. The van der Waals surface area contributed by atoms with E-state index in [-0.39, 0.29) is 18.6 Å². The second kappa shape index (κ2) is 7.01. The van der Waals surface area contributed by atoms with Crippen molar-refractivity contribution in [1.82, 2.24) is 5.32 Å². The quantitative estimate of drug-likeness (QED) is 0.810. The van der Waals surface area contributed by atoms with Crippen LogP contribution in [0.1, 0.15) is 32.4 Å². The highest BCUT2D eigenvalue weighted by molar-refractivity contribution is 5.77. The number of benzene rings is 1. The zero-order valence-corrected chi connectivity index (χ0v) is 11.3. The first-order chi connectivity index (χ1) is 8.50. The van der Waals surface area contributed by atoms with E-state index in [1.165, 1.54) is 0 Å². The molecule has 0 aliphatic rings. The second-order valence-electron chi connectivity index (χ2n) is 4.81. The van der Waals surface area contributed by atoms with Crippen LogP contribution < -0.4 is 15.8 Å². The van der Waals surface area contributed by atoms with Crippen molar-refractivity contribution in [3.63, 3.8) is 0 Å². The smallest absolute Gasteiger partial charge is 0.257 e. The number of carbonyl (C=O) groups is 1. The Morgan fingerprint density at radius 2 is 2.00 bits per heavy atom. The van der Waals surface area contributed by atoms with E-state index >= 15 is 0 Å². The summed E-state index contributed by atoms with van der Waals surface area (Å²) in [6, 6.07) is 7.40. The zero-order chi connectivity index (χ0) is 13.5. The number of carbonyl (C=O) groups excluding carboxylic acids is 1. The molecule has 0 aliphatic heterocycles. The van der Waals surface area contributed by atoms with Crippen LogP contribution in [0, 0.1) is 5.92 Å². The summed E-state index contributed by atoms with van der Waals surface area (Å²) in [4.78, 5) is 11.5. The average Bonchev–Trinajstić information content (AvgIpc) is 2.34. The van der Waals surface area contributed by atoms with Gasteiger partial charge in [-0.05, 0) is 18.9 Å². The number of ether oxygens (including phenoxy) is 1. The van der Waals surface area contributed by atoms with E-state index in [1.54, 1.807) is 0 Å². The molecule has 0 saturated heterocycles. The first-order valence-corrected chi connectivity index (χ1v) is 6.24. The molecule has 0 aliphatic carbocycles. The molecular weight excluding hydrogens is 228 g/mol. The molecule has 4 heteroatoms. The fourth-order valence-corrected chi connectivity index (χ4v) is 1.50. The van der Waals surface area contributed by atoms with E-state index in [0.717, 1.165) is 5.56 Å². The lowest BCUT2D eigenvalue weighted by Crippen LogP contribution is -2.31. The lowest BCUT2D eigenvalue weighted by Gasteiger charge is -2.14. The van der Waals surface area contributed by atoms with Gasteiger partial charge in [-0.3, -0.25) is 4.79 Å². The number of rotatable bonds is 6. The maximum absolute atomic E-state index is 11.5. The van der Waals surface area contributed by atoms with Gasteiger partial charge in [-0.2, -0.15) is 0 Å². The second-order valence-corrected chi connectivity index (χ2v) is 4.81. The molecule has 0 aromatic heterocycles. The van der Waals surface area contributed by atoms with Crippen molar-refractivity contribution in [2.45, 2.75) is 26.8 Å². The first-order valence-electron chi connectivity index (χ1n) is 6.24. The van der Waals surface area contributed by atoms with Crippen molar-refractivity contribution >= 4 is 5.91 Å². The Morgan fingerprint density at radius 1 is 1.33 bits per heavy atom. The highest BCUT2D eigenvalue weighted by atomic mass is 16.5. The van der Waals surface area contributed by atoms with Gasteiger partial charge >= 0.3 is 0 Å². The van der Waals surface area contributed by atoms with E-state index in [0.29, 0.717) is 18.2 Å². The predicted molar refractivity (Wildman–Crippen MR) is 72.4 cm³/mol. The molecule has 0 saturated carbocycles. The molecule has 0 spiro atoms. The van der Waals surface area contributed by atoms with Crippen LogP contribution in [0.2, 0.25) is 0 Å². The van der Waals surface area contributed by atoms with Gasteiger partial charge in [0.05, 0.1) is 0 Å². The average molecular weight is 250 g/mol. The molecule has 1 aromatic rings. The number of nitrogens with one attached hydrogen (secondary N) is 1. The number of nitrogens with two attached hydrogens (primary N) is 1. The maximum atomic E-state index is 11.5. The Kier molecular flexibility index (Phi) is 5.65. The molecule has 4 nitrogen and oxygen atoms in total. The van der Waals surface area contributed by atoms with Gasteiger partial charge in [-0.15, -0.1) is 0 Å². The summed E-state index contributed by atoms with van der Waals surface area (Å²) in [5, 5.41) is 2.81. The number of para-hydroxylation sites is 1. The lowest BCUT2D eigenvalue weighted by molar-refractivity contribution is -0.123. The standard InChI is InChI=1S/C14H22N2O2/c1-10(2)8-16-14(17)9-18-13-7-5-4-6-12(13)11(3)15/h4-7,10-11H,8-9,15H2,1-3H3,(H,16,17)/t11-/m0/s1. The topological polar surface area (TPSA) is 64.3 Å². The van der Waals surface area contributed by atoms with Crippen LogP contribution in [0.25, 0.3) is 0 Å². The van der Waals surface area contributed by atoms with Crippen molar-refractivity contribution in [2.24, 2.45) is 11.7 Å². The third kappa shape index (κ3) is 4.75. The Labute approximate surface area is 109 Å². The Bertz CT molecular complexity index is 389. The van der Waals surface area contributed by atoms with Crippen molar-refractivity contribution in [1.29, 1.82) is 0 Å². The van der Waals surface area contributed by atoms with Gasteiger partial charge in [-0.1, -0.05) is 32.0 Å². The van der Waals surface area contributed by atoms with Crippen molar-refractivity contribution in [3.05, 3.63) is 29.8 Å². The van der Waals surface area contributed by atoms with Crippen molar-refractivity contribution in [2.75, 3.05) is 13.2 Å².